The minimum absolute atomic E-state index is 0.0401. The molecule has 0 bridgehead atoms. The van der Waals surface area contributed by atoms with Crippen LogP contribution in [-0.4, -0.2) is 18.5 Å². The van der Waals surface area contributed by atoms with Crippen LogP contribution in [0.4, 0.5) is 9.39 Å². The van der Waals surface area contributed by atoms with Crippen molar-refractivity contribution in [2.75, 3.05) is 11.9 Å². The van der Waals surface area contributed by atoms with Gasteiger partial charge in [0.05, 0.1) is 11.1 Å². The summed E-state index contributed by atoms with van der Waals surface area (Å²) < 4.78 is 18.0. The van der Waals surface area contributed by atoms with Crippen LogP contribution in [0, 0.1) is 17.1 Å². The molecule has 3 rings (SSSR count). The third kappa shape index (κ3) is 4.09. The van der Waals surface area contributed by atoms with Crippen LogP contribution in [-0.2, 0) is 22.4 Å². The lowest BCUT2D eigenvalue weighted by molar-refractivity contribution is -0.119. The zero-order valence-corrected chi connectivity index (χ0v) is 14.8. The summed E-state index contributed by atoms with van der Waals surface area (Å²) in [6.07, 6.45) is 5.02. The van der Waals surface area contributed by atoms with Gasteiger partial charge >= 0.3 is 5.97 Å². The molecule has 1 aliphatic rings. The largest absolute Gasteiger partial charge is 0.452 e. The lowest BCUT2D eigenvalue weighted by atomic mass is 10.1. The lowest BCUT2D eigenvalue weighted by Crippen LogP contribution is -2.21. The number of rotatable bonds is 4. The molecular formula is C19H17FN2O3S. The fourth-order valence-corrected chi connectivity index (χ4v) is 4.20. The van der Waals surface area contributed by atoms with Gasteiger partial charge in [0.1, 0.15) is 16.9 Å². The summed E-state index contributed by atoms with van der Waals surface area (Å²) in [5.41, 5.74) is 1.58. The second-order valence-electron chi connectivity index (χ2n) is 6.02. The standard InChI is InChI=1S/C19H17FN2O3S/c20-13-6-4-5-12(9-13)19(24)25-11-17(23)22-18-15(10-21)14-7-2-1-3-8-16(14)26-18/h4-6,9H,1-3,7-8,11H2,(H,22,23). The van der Waals surface area contributed by atoms with Gasteiger partial charge in [-0.25, -0.2) is 9.18 Å². The van der Waals surface area contributed by atoms with E-state index >= 15 is 0 Å². The number of hydrogen-bond acceptors (Lipinski definition) is 5. The van der Waals surface area contributed by atoms with E-state index in [0.717, 1.165) is 48.6 Å². The molecule has 5 nitrogen and oxygen atoms in total. The van der Waals surface area contributed by atoms with Gasteiger partial charge in [-0.05, 0) is 49.4 Å². The van der Waals surface area contributed by atoms with Crippen LogP contribution < -0.4 is 5.32 Å². The monoisotopic (exact) mass is 372 g/mol. The molecule has 0 saturated carbocycles. The van der Waals surface area contributed by atoms with E-state index in [1.807, 2.05) is 0 Å². The second-order valence-corrected chi connectivity index (χ2v) is 7.12. The van der Waals surface area contributed by atoms with Crippen molar-refractivity contribution in [2.45, 2.75) is 32.1 Å². The molecule has 0 fully saturated rings. The number of nitrogens with one attached hydrogen (secondary N) is 1. The molecule has 1 aromatic carbocycles. The Balaban J connectivity index is 1.63. The maximum absolute atomic E-state index is 13.1. The van der Waals surface area contributed by atoms with Crippen molar-refractivity contribution >= 4 is 28.2 Å². The van der Waals surface area contributed by atoms with Gasteiger partial charge < -0.3 is 10.1 Å². The number of halogens is 1. The highest BCUT2D eigenvalue weighted by atomic mass is 32.1. The average molecular weight is 372 g/mol. The minimum atomic E-state index is -0.776. The molecule has 0 saturated heterocycles. The summed E-state index contributed by atoms with van der Waals surface area (Å²) in [6.45, 7) is -0.497. The van der Waals surface area contributed by atoms with Gasteiger partial charge in [-0.2, -0.15) is 5.26 Å². The number of hydrogen-bond donors (Lipinski definition) is 1. The number of thiophene rings is 1. The zero-order valence-electron chi connectivity index (χ0n) is 14.0. The van der Waals surface area contributed by atoms with Crippen molar-refractivity contribution in [1.29, 1.82) is 5.26 Å². The molecule has 0 spiro atoms. The van der Waals surface area contributed by atoms with Crippen LogP contribution in [0.2, 0.25) is 0 Å². The van der Waals surface area contributed by atoms with E-state index in [1.165, 1.54) is 29.5 Å². The number of nitrogens with zero attached hydrogens (tertiary/aromatic N) is 1. The summed E-state index contributed by atoms with van der Waals surface area (Å²) in [5, 5.41) is 12.6. The number of ether oxygens (including phenoxy) is 1. The topological polar surface area (TPSA) is 79.2 Å². The summed E-state index contributed by atoms with van der Waals surface area (Å²) in [5.74, 6) is -1.85. The number of fused-ring (bicyclic) bond motifs is 1. The van der Waals surface area contributed by atoms with Crippen LogP contribution in [0.25, 0.3) is 0 Å². The van der Waals surface area contributed by atoms with Crippen LogP contribution in [0.15, 0.2) is 24.3 Å². The molecular weight excluding hydrogens is 355 g/mol. The van der Waals surface area contributed by atoms with E-state index in [0.29, 0.717) is 10.6 Å². The fourth-order valence-electron chi connectivity index (χ4n) is 2.94. The second kappa shape index (κ2) is 8.11. The number of amides is 1. The van der Waals surface area contributed by atoms with Crippen LogP contribution in [0.3, 0.4) is 0 Å². The van der Waals surface area contributed by atoms with Crippen molar-refractivity contribution in [1.82, 2.24) is 0 Å². The molecule has 1 N–H and O–H groups in total. The van der Waals surface area contributed by atoms with Gasteiger partial charge in [0, 0.05) is 4.88 Å². The third-order valence-corrected chi connectivity index (χ3v) is 5.39. The first-order chi connectivity index (χ1) is 12.6. The quantitative estimate of drug-likeness (QED) is 0.654. The van der Waals surface area contributed by atoms with E-state index in [1.54, 1.807) is 0 Å². The number of anilines is 1. The van der Waals surface area contributed by atoms with Crippen molar-refractivity contribution < 1.29 is 18.7 Å². The minimum Gasteiger partial charge on any atom is -0.452 e. The maximum atomic E-state index is 13.1. The van der Waals surface area contributed by atoms with Crippen molar-refractivity contribution in [3.63, 3.8) is 0 Å². The molecule has 1 aliphatic carbocycles. The molecule has 1 aromatic heterocycles. The highest BCUT2D eigenvalue weighted by molar-refractivity contribution is 7.16. The summed E-state index contributed by atoms with van der Waals surface area (Å²) >= 11 is 1.42. The third-order valence-electron chi connectivity index (χ3n) is 4.18. The van der Waals surface area contributed by atoms with E-state index in [2.05, 4.69) is 11.4 Å². The van der Waals surface area contributed by atoms with Crippen LogP contribution in [0.5, 0.6) is 0 Å². The Morgan fingerprint density at radius 3 is 2.85 bits per heavy atom. The first-order valence-corrected chi connectivity index (χ1v) is 9.17. The van der Waals surface area contributed by atoms with Gasteiger partial charge in [-0.3, -0.25) is 4.79 Å². The van der Waals surface area contributed by atoms with E-state index in [4.69, 9.17) is 4.74 Å². The normalized spacial score (nSPS) is 13.2. The predicted octanol–water partition coefficient (Wildman–Crippen LogP) is 3.82. The number of carbonyl (C=O) groups is 2. The zero-order chi connectivity index (χ0) is 18.5. The van der Waals surface area contributed by atoms with E-state index < -0.39 is 24.3 Å². The van der Waals surface area contributed by atoms with Crippen LogP contribution >= 0.6 is 11.3 Å². The summed E-state index contributed by atoms with van der Waals surface area (Å²) in [7, 11) is 0. The Morgan fingerprint density at radius 2 is 2.08 bits per heavy atom. The molecule has 0 unspecified atom stereocenters. The molecule has 26 heavy (non-hydrogen) atoms. The number of nitriles is 1. The summed E-state index contributed by atoms with van der Waals surface area (Å²) in [4.78, 5) is 25.1. The number of benzene rings is 1. The van der Waals surface area contributed by atoms with Crippen molar-refractivity contribution in [3.05, 3.63) is 51.7 Å². The maximum Gasteiger partial charge on any atom is 0.338 e. The van der Waals surface area contributed by atoms with Gasteiger partial charge in [-0.15, -0.1) is 11.3 Å². The van der Waals surface area contributed by atoms with Crippen molar-refractivity contribution in [3.8, 4) is 6.07 Å². The average Bonchev–Trinajstić information content (AvgIpc) is 2.79. The molecule has 7 heteroatoms. The van der Waals surface area contributed by atoms with Gasteiger partial charge in [0.15, 0.2) is 6.61 Å². The molecule has 0 aliphatic heterocycles. The molecule has 0 radical (unpaired) electrons. The highest BCUT2D eigenvalue weighted by Crippen LogP contribution is 2.36. The number of carbonyl (C=O) groups excluding carboxylic acids is 2. The molecule has 134 valence electrons. The first kappa shape index (κ1) is 18.1. The van der Waals surface area contributed by atoms with E-state index in [9.17, 15) is 19.2 Å². The van der Waals surface area contributed by atoms with E-state index in [-0.39, 0.29) is 5.56 Å². The molecule has 0 atom stereocenters. The Kier molecular flexibility index (Phi) is 5.64. The molecule has 1 heterocycles. The van der Waals surface area contributed by atoms with Gasteiger partial charge in [0.2, 0.25) is 0 Å². The Morgan fingerprint density at radius 1 is 1.27 bits per heavy atom. The summed E-state index contributed by atoms with van der Waals surface area (Å²) in [6, 6.07) is 7.24. The molecule has 1 amide bonds. The number of aryl methyl sites for hydroxylation is 1. The Hall–Kier alpha value is -2.72. The number of esters is 1. The van der Waals surface area contributed by atoms with Gasteiger partial charge in [-0.1, -0.05) is 12.5 Å². The smallest absolute Gasteiger partial charge is 0.338 e. The predicted molar refractivity (Wildman–Crippen MR) is 95.6 cm³/mol. The van der Waals surface area contributed by atoms with Crippen LogP contribution in [0.1, 0.15) is 45.6 Å². The van der Waals surface area contributed by atoms with Gasteiger partial charge in [0.25, 0.3) is 5.91 Å². The Labute approximate surface area is 154 Å². The first-order valence-electron chi connectivity index (χ1n) is 8.35. The van der Waals surface area contributed by atoms with Crippen molar-refractivity contribution in [2.24, 2.45) is 0 Å². The Bertz CT molecular complexity index is 885. The lowest BCUT2D eigenvalue weighted by Gasteiger charge is -2.06. The fraction of sp³-hybridized carbons (Fsp3) is 0.316. The SMILES string of the molecule is N#Cc1c(NC(=O)COC(=O)c2cccc(F)c2)sc2c1CCCCC2. The highest BCUT2D eigenvalue weighted by Gasteiger charge is 2.21. The molecule has 2 aromatic rings.